The Morgan fingerprint density at radius 2 is 1.95 bits per heavy atom. The third-order valence-electron chi connectivity index (χ3n) is 3.71. The predicted octanol–water partition coefficient (Wildman–Crippen LogP) is 1.26. The zero-order valence-corrected chi connectivity index (χ0v) is 12.9. The quantitative estimate of drug-likeness (QED) is 0.837. The van der Waals surface area contributed by atoms with Gasteiger partial charge in [0.2, 0.25) is 0 Å². The van der Waals surface area contributed by atoms with Crippen LogP contribution in [0.3, 0.4) is 0 Å². The summed E-state index contributed by atoms with van der Waals surface area (Å²) in [7, 11) is 3.60. The SMILES string of the molecule is CC(C)n1cncc1CN1CCN(C(=O)N(C)C)CC1. The summed E-state index contributed by atoms with van der Waals surface area (Å²) in [4.78, 5) is 22.1. The van der Waals surface area contributed by atoms with Gasteiger partial charge in [-0.25, -0.2) is 9.78 Å². The number of urea groups is 1. The smallest absolute Gasteiger partial charge is 0.319 e. The van der Waals surface area contributed by atoms with Crippen molar-refractivity contribution in [2.75, 3.05) is 40.3 Å². The molecule has 0 aliphatic carbocycles. The van der Waals surface area contributed by atoms with Crippen molar-refractivity contribution in [1.29, 1.82) is 0 Å². The van der Waals surface area contributed by atoms with Gasteiger partial charge in [-0.2, -0.15) is 0 Å². The molecule has 112 valence electrons. The van der Waals surface area contributed by atoms with Crippen molar-refractivity contribution in [3.05, 3.63) is 18.2 Å². The number of carbonyl (C=O) groups excluding carboxylic acids is 1. The van der Waals surface area contributed by atoms with Crippen molar-refractivity contribution in [1.82, 2.24) is 24.3 Å². The molecular formula is C14H25N5O. The summed E-state index contributed by atoms with van der Waals surface area (Å²) in [5.74, 6) is 0. The van der Waals surface area contributed by atoms with Crippen LogP contribution in [0.2, 0.25) is 0 Å². The number of nitrogens with zero attached hydrogens (tertiary/aromatic N) is 5. The van der Waals surface area contributed by atoms with E-state index in [0.717, 1.165) is 32.7 Å². The molecule has 2 rings (SSSR count). The molecule has 0 N–H and O–H groups in total. The number of hydrogen-bond donors (Lipinski definition) is 0. The van der Waals surface area contributed by atoms with Crippen LogP contribution in [0.4, 0.5) is 4.79 Å². The number of imidazole rings is 1. The highest BCUT2D eigenvalue weighted by Crippen LogP contribution is 2.13. The molecular weight excluding hydrogens is 254 g/mol. The average Bonchev–Trinajstić information content (AvgIpc) is 2.87. The average molecular weight is 279 g/mol. The summed E-state index contributed by atoms with van der Waals surface area (Å²) in [6.45, 7) is 8.67. The van der Waals surface area contributed by atoms with Crippen LogP contribution in [0.5, 0.6) is 0 Å². The zero-order chi connectivity index (χ0) is 14.7. The number of carbonyl (C=O) groups is 1. The first kappa shape index (κ1) is 14.8. The first-order valence-corrected chi connectivity index (χ1v) is 7.18. The molecule has 20 heavy (non-hydrogen) atoms. The van der Waals surface area contributed by atoms with Crippen LogP contribution in [0, 0.1) is 0 Å². The summed E-state index contributed by atoms with van der Waals surface area (Å²) in [6.07, 6.45) is 3.84. The minimum absolute atomic E-state index is 0.108. The molecule has 2 amide bonds. The normalized spacial score (nSPS) is 16.8. The first-order chi connectivity index (χ1) is 9.49. The fourth-order valence-corrected chi connectivity index (χ4v) is 2.53. The van der Waals surface area contributed by atoms with Crippen molar-refractivity contribution < 1.29 is 4.79 Å². The monoisotopic (exact) mass is 279 g/mol. The molecule has 6 nitrogen and oxygen atoms in total. The molecule has 0 unspecified atom stereocenters. The Morgan fingerprint density at radius 1 is 1.30 bits per heavy atom. The zero-order valence-electron chi connectivity index (χ0n) is 12.9. The molecule has 1 aromatic heterocycles. The van der Waals surface area contributed by atoms with Crippen molar-refractivity contribution in [2.45, 2.75) is 26.4 Å². The Bertz CT molecular complexity index is 446. The fourth-order valence-electron chi connectivity index (χ4n) is 2.53. The summed E-state index contributed by atoms with van der Waals surface area (Å²) in [5.41, 5.74) is 1.24. The maximum atomic E-state index is 11.9. The lowest BCUT2D eigenvalue weighted by molar-refractivity contribution is 0.118. The van der Waals surface area contributed by atoms with E-state index in [0.29, 0.717) is 6.04 Å². The topological polar surface area (TPSA) is 44.6 Å². The molecule has 1 fully saturated rings. The molecule has 0 spiro atoms. The molecule has 0 bridgehead atoms. The summed E-state index contributed by atoms with van der Waals surface area (Å²) in [6, 6.07) is 0.543. The fraction of sp³-hybridized carbons (Fsp3) is 0.714. The van der Waals surface area contributed by atoms with Gasteiger partial charge in [0.15, 0.2) is 0 Å². The van der Waals surface area contributed by atoms with Gasteiger partial charge in [0.1, 0.15) is 0 Å². The number of aromatic nitrogens is 2. The Kier molecular flexibility index (Phi) is 4.65. The second kappa shape index (κ2) is 6.26. The molecule has 1 saturated heterocycles. The van der Waals surface area contributed by atoms with E-state index in [1.807, 2.05) is 17.4 Å². The maximum Gasteiger partial charge on any atom is 0.319 e. The van der Waals surface area contributed by atoms with E-state index >= 15 is 0 Å². The lowest BCUT2D eigenvalue weighted by atomic mass is 10.3. The molecule has 0 saturated carbocycles. The van der Waals surface area contributed by atoms with E-state index in [-0.39, 0.29) is 6.03 Å². The largest absolute Gasteiger partial charge is 0.331 e. The third-order valence-corrected chi connectivity index (χ3v) is 3.71. The van der Waals surface area contributed by atoms with Crippen molar-refractivity contribution >= 4 is 6.03 Å². The Labute approximate surface area is 121 Å². The van der Waals surface area contributed by atoms with Crippen LogP contribution in [-0.4, -0.2) is 70.6 Å². The molecule has 1 aliphatic rings. The lowest BCUT2D eigenvalue weighted by Gasteiger charge is -2.36. The predicted molar refractivity (Wildman–Crippen MR) is 78.5 cm³/mol. The second-order valence-corrected chi connectivity index (χ2v) is 5.83. The highest BCUT2D eigenvalue weighted by molar-refractivity contribution is 5.73. The number of amides is 2. The Balaban J connectivity index is 1.88. The van der Waals surface area contributed by atoms with Gasteiger partial charge in [-0.15, -0.1) is 0 Å². The molecule has 0 aromatic carbocycles. The van der Waals surface area contributed by atoms with Crippen LogP contribution in [0.25, 0.3) is 0 Å². The van der Waals surface area contributed by atoms with Crippen LogP contribution in [0.15, 0.2) is 12.5 Å². The van der Waals surface area contributed by atoms with Gasteiger partial charge in [0.25, 0.3) is 0 Å². The van der Waals surface area contributed by atoms with Gasteiger partial charge >= 0.3 is 6.03 Å². The molecule has 2 heterocycles. The van der Waals surface area contributed by atoms with Gasteiger partial charge in [-0.3, -0.25) is 4.90 Å². The van der Waals surface area contributed by atoms with Gasteiger partial charge < -0.3 is 14.4 Å². The van der Waals surface area contributed by atoms with E-state index in [9.17, 15) is 4.79 Å². The van der Waals surface area contributed by atoms with Crippen LogP contribution in [-0.2, 0) is 6.54 Å². The number of piperazine rings is 1. The summed E-state index contributed by atoms with van der Waals surface area (Å²) < 4.78 is 2.21. The van der Waals surface area contributed by atoms with Gasteiger partial charge in [0.05, 0.1) is 12.0 Å². The van der Waals surface area contributed by atoms with E-state index in [1.165, 1.54) is 5.69 Å². The standard InChI is InChI=1S/C14H25N5O/c1-12(2)19-11-15-9-13(19)10-17-5-7-18(8-6-17)14(20)16(3)4/h9,11-12H,5-8,10H2,1-4H3. The second-order valence-electron chi connectivity index (χ2n) is 5.83. The molecule has 1 aliphatic heterocycles. The van der Waals surface area contributed by atoms with Gasteiger partial charge in [-0.05, 0) is 13.8 Å². The number of rotatable bonds is 3. The highest BCUT2D eigenvalue weighted by Gasteiger charge is 2.22. The van der Waals surface area contributed by atoms with Crippen molar-refractivity contribution in [2.24, 2.45) is 0 Å². The van der Waals surface area contributed by atoms with Crippen molar-refractivity contribution in [3.63, 3.8) is 0 Å². The van der Waals surface area contributed by atoms with Crippen molar-refractivity contribution in [3.8, 4) is 0 Å². The Hall–Kier alpha value is -1.56. The molecule has 1 aromatic rings. The van der Waals surface area contributed by atoms with E-state index in [4.69, 9.17) is 0 Å². The van der Waals surface area contributed by atoms with Crippen LogP contribution < -0.4 is 0 Å². The summed E-state index contributed by atoms with van der Waals surface area (Å²) in [5, 5.41) is 0. The third kappa shape index (κ3) is 3.30. The van der Waals surface area contributed by atoms with E-state index in [2.05, 4.69) is 28.3 Å². The van der Waals surface area contributed by atoms with Crippen LogP contribution >= 0.6 is 0 Å². The molecule has 0 atom stereocenters. The summed E-state index contributed by atoms with van der Waals surface area (Å²) >= 11 is 0. The maximum absolute atomic E-state index is 11.9. The highest BCUT2D eigenvalue weighted by atomic mass is 16.2. The van der Waals surface area contributed by atoms with E-state index < -0.39 is 0 Å². The Morgan fingerprint density at radius 3 is 2.50 bits per heavy atom. The van der Waals surface area contributed by atoms with Gasteiger partial charge in [0, 0.05) is 59.1 Å². The lowest BCUT2D eigenvalue weighted by Crippen LogP contribution is -2.51. The minimum atomic E-state index is 0.108. The minimum Gasteiger partial charge on any atom is -0.331 e. The molecule has 0 radical (unpaired) electrons. The first-order valence-electron chi connectivity index (χ1n) is 7.18. The van der Waals surface area contributed by atoms with Crippen LogP contribution in [0.1, 0.15) is 25.6 Å². The van der Waals surface area contributed by atoms with E-state index in [1.54, 1.807) is 19.0 Å². The van der Waals surface area contributed by atoms with Gasteiger partial charge in [-0.1, -0.05) is 0 Å². The number of hydrogen-bond acceptors (Lipinski definition) is 3. The molecule has 6 heteroatoms.